The van der Waals surface area contributed by atoms with Crippen LogP contribution in [0.4, 0.5) is 0 Å². The summed E-state index contributed by atoms with van der Waals surface area (Å²) in [5.74, 6) is 0.791. The summed E-state index contributed by atoms with van der Waals surface area (Å²) < 4.78 is 7.33. The third-order valence-electron chi connectivity index (χ3n) is 3.62. The molecule has 0 spiro atoms. The molecule has 2 heterocycles. The van der Waals surface area contributed by atoms with Crippen LogP contribution in [-0.4, -0.2) is 28.4 Å². The smallest absolute Gasteiger partial charge is 0.161 e. The Balaban J connectivity index is 2.50. The number of methoxy groups -OCH3 is 1. The highest BCUT2D eigenvalue weighted by atomic mass is 16.5. The zero-order chi connectivity index (χ0) is 15.2. The molecule has 0 aliphatic rings. The van der Waals surface area contributed by atoms with E-state index >= 15 is 0 Å². The van der Waals surface area contributed by atoms with Gasteiger partial charge in [-0.3, -0.25) is 9.67 Å². The minimum Gasteiger partial charge on any atom is -0.493 e. The second-order valence-corrected chi connectivity index (χ2v) is 5.01. The number of aryl methyl sites for hydroxylation is 2. The molecule has 1 atom stereocenters. The molecule has 2 aromatic rings. The number of ether oxygens (including phenoxy) is 1. The number of nitrogens with zero attached hydrogens (tertiary/aromatic N) is 3. The van der Waals surface area contributed by atoms with E-state index in [1.54, 1.807) is 13.3 Å². The first-order chi connectivity index (χ1) is 10.2. The van der Waals surface area contributed by atoms with E-state index in [1.807, 2.05) is 24.0 Å². The fraction of sp³-hybridized carbons (Fsp3) is 0.500. The van der Waals surface area contributed by atoms with Crippen LogP contribution in [0.3, 0.4) is 0 Å². The molecule has 2 rings (SSSR count). The molecular weight excluding hydrogens is 264 g/mol. The van der Waals surface area contributed by atoms with Crippen LogP contribution in [0.2, 0.25) is 0 Å². The van der Waals surface area contributed by atoms with Crippen LogP contribution >= 0.6 is 0 Å². The quantitative estimate of drug-likeness (QED) is 0.850. The molecular formula is C16H24N4O. The van der Waals surface area contributed by atoms with Gasteiger partial charge < -0.3 is 10.1 Å². The number of hydrogen-bond acceptors (Lipinski definition) is 4. The fourth-order valence-corrected chi connectivity index (χ4v) is 2.53. The molecule has 0 amide bonds. The third kappa shape index (κ3) is 3.24. The Morgan fingerprint density at radius 3 is 2.86 bits per heavy atom. The molecule has 0 radical (unpaired) electrons. The first-order valence-electron chi connectivity index (χ1n) is 7.45. The first kappa shape index (κ1) is 15.5. The molecule has 1 unspecified atom stereocenters. The summed E-state index contributed by atoms with van der Waals surface area (Å²) >= 11 is 0. The van der Waals surface area contributed by atoms with Crippen molar-refractivity contribution in [3.63, 3.8) is 0 Å². The van der Waals surface area contributed by atoms with Crippen molar-refractivity contribution in [3.8, 4) is 5.75 Å². The zero-order valence-corrected chi connectivity index (χ0v) is 13.3. The van der Waals surface area contributed by atoms with E-state index < -0.39 is 0 Å². The number of rotatable bonds is 7. The summed E-state index contributed by atoms with van der Waals surface area (Å²) in [5.41, 5.74) is 3.31. The molecule has 0 fully saturated rings. The summed E-state index contributed by atoms with van der Waals surface area (Å²) in [4.78, 5) is 4.62. The van der Waals surface area contributed by atoms with Gasteiger partial charge in [0.05, 0.1) is 25.0 Å². The van der Waals surface area contributed by atoms with E-state index in [4.69, 9.17) is 4.74 Å². The molecule has 0 saturated carbocycles. The maximum Gasteiger partial charge on any atom is 0.161 e. The van der Waals surface area contributed by atoms with Crippen molar-refractivity contribution in [3.05, 3.63) is 41.5 Å². The Bertz CT molecular complexity index is 579. The van der Waals surface area contributed by atoms with Gasteiger partial charge in [-0.2, -0.15) is 5.10 Å². The van der Waals surface area contributed by atoms with Crippen molar-refractivity contribution < 1.29 is 4.74 Å². The molecule has 5 nitrogen and oxygen atoms in total. The van der Waals surface area contributed by atoms with E-state index in [0.717, 1.165) is 36.5 Å². The molecule has 21 heavy (non-hydrogen) atoms. The summed E-state index contributed by atoms with van der Waals surface area (Å²) in [6.07, 6.45) is 5.61. The van der Waals surface area contributed by atoms with Gasteiger partial charge in [-0.1, -0.05) is 19.9 Å². The Labute approximate surface area is 126 Å². The van der Waals surface area contributed by atoms with Crippen molar-refractivity contribution in [1.29, 1.82) is 0 Å². The van der Waals surface area contributed by atoms with Crippen molar-refractivity contribution >= 4 is 0 Å². The second kappa shape index (κ2) is 7.22. The standard InChI is InChI=1S/C16H24N4O/c1-5-9-17-15(14-12(6-2)8-7-10-18-14)16-13(21-4)11-19-20(16)3/h7-8,10-11,15,17H,5-6,9H2,1-4H3. The minimum atomic E-state index is -0.0106. The Hall–Kier alpha value is -1.88. The summed E-state index contributed by atoms with van der Waals surface area (Å²) in [6.45, 7) is 5.22. The molecule has 114 valence electrons. The molecule has 1 N–H and O–H groups in total. The lowest BCUT2D eigenvalue weighted by Crippen LogP contribution is -2.27. The SMILES string of the molecule is CCCNC(c1ncccc1CC)c1c(OC)cnn1C. The summed E-state index contributed by atoms with van der Waals surface area (Å²) in [5, 5.41) is 7.90. The van der Waals surface area contributed by atoms with E-state index in [-0.39, 0.29) is 6.04 Å². The number of aromatic nitrogens is 3. The van der Waals surface area contributed by atoms with E-state index in [0.29, 0.717) is 0 Å². The van der Waals surface area contributed by atoms with Gasteiger partial charge in [0.25, 0.3) is 0 Å². The van der Waals surface area contributed by atoms with Gasteiger partial charge >= 0.3 is 0 Å². The molecule has 0 aromatic carbocycles. The molecule has 0 aliphatic heterocycles. The molecule has 2 aromatic heterocycles. The van der Waals surface area contributed by atoms with Crippen molar-refractivity contribution in [2.24, 2.45) is 7.05 Å². The fourth-order valence-electron chi connectivity index (χ4n) is 2.53. The van der Waals surface area contributed by atoms with Gasteiger partial charge in [-0.05, 0) is 31.0 Å². The van der Waals surface area contributed by atoms with Crippen LogP contribution in [0.15, 0.2) is 24.5 Å². The highest BCUT2D eigenvalue weighted by Gasteiger charge is 2.24. The normalized spacial score (nSPS) is 12.4. The summed E-state index contributed by atoms with van der Waals surface area (Å²) in [7, 11) is 3.61. The lowest BCUT2D eigenvalue weighted by Gasteiger charge is -2.21. The lowest BCUT2D eigenvalue weighted by molar-refractivity contribution is 0.399. The van der Waals surface area contributed by atoms with Gasteiger partial charge in [-0.25, -0.2) is 0 Å². The maximum absolute atomic E-state index is 5.47. The van der Waals surface area contributed by atoms with Crippen LogP contribution < -0.4 is 10.1 Å². The van der Waals surface area contributed by atoms with Crippen molar-refractivity contribution in [2.75, 3.05) is 13.7 Å². The van der Waals surface area contributed by atoms with Crippen LogP contribution in [0.5, 0.6) is 5.75 Å². The Morgan fingerprint density at radius 2 is 2.19 bits per heavy atom. The third-order valence-corrected chi connectivity index (χ3v) is 3.62. The van der Waals surface area contributed by atoms with Crippen LogP contribution in [0, 0.1) is 0 Å². The number of pyridine rings is 1. The molecule has 0 bridgehead atoms. The zero-order valence-electron chi connectivity index (χ0n) is 13.3. The number of nitrogens with one attached hydrogen (secondary N) is 1. The van der Waals surface area contributed by atoms with E-state index in [1.165, 1.54) is 5.56 Å². The van der Waals surface area contributed by atoms with E-state index in [9.17, 15) is 0 Å². The molecule has 5 heteroatoms. The summed E-state index contributed by atoms with van der Waals surface area (Å²) in [6, 6.07) is 4.11. The Morgan fingerprint density at radius 1 is 1.38 bits per heavy atom. The van der Waals surface area contributed by atoms with Gasteiger partial charge in [0, 0.05) is 13.2 Å². The number of hydrogen-bond donors (Lipinski definition) is 1. The second-order valence-electron chi connectivity index (χ2n) is 5.01. The van der Waals surface area contributed by atoms with E-state index in [2.05, 4.69) is 35.3 Å². The van der Waals surface area contributed by atoms with Gasteiger partial charge in [0.1, 0.15) is 5.69 Å². The molecule has 0 saturated heterocycles. The molecule has 0 aliphatic carbocycles. The van der Waals surface area contributed by atoms with Crippen LogP contribution in [0.1, 0.15) is 43.3 Å². The average molecular weight is 288 g/mol. The maximum atomic E-state index is 5.47. The van der Waals surface area contributed by atoms with Gasteiger partial charge in [0.2, 0.25) is 0 Å². The lowest BCUT2D eigenvalue weighted by atomic mass is 10.0. The monoisotopic (exact) mass is 288 g/mol. The average Bonchev–Trinajstić information content (AvgIpc) is 2.89. The van der Waals surface area contributed by atoms with Crippen LogP contribution in [-0.2, 0) is 13.5 Å². The first-order valence-corrected chi connectivity index (χ1v) is 7.45. The largest absolute Gasteiger partial charge is 0.493 e. The van der Waals surface area contributed by atoms with Crippen molar-refractivity contribution in [2.45, 2.75) is 32.7 Å². The Kier molecular flexibility index (Phi) is 5.33. The topological polar surface area (TPSA) is 52.0 Å². The highest BCUT2D eigenvalue weighted by molar-refractivity contribution is 5.37. The highest BCUT2D eigenvalue weighted by Crippen LogP contribution is 2.30. The minimum absolute atomic E-state index is 0.0106. The predicted octanol–water partition coefficient (Wildman–Crippen LogP) is 2.48. The predicted molar refractivity (Wildman–Crippen MR) is 83.5 cm³/mol. The van der Waals surface area contributed by atoms with Gasteiger partial charge in [0.15, 0.2) is 5.75 Å². The van der Waals surface area contributed by atoms with Gasteiger partial charge in [-0.15, -0.1) is 0 Å². The van der Waals surface area contributed by atoms with Crippen LogP contribution in [0.25, 0.3) is 0 Å². The van der Waals surface area contributed by atoms with Crippen molar-refractivity contribution in [1.82, 2.24) is 20.1 Å².